The molecule has 1 aliphatic heterocycles. The zero-order valence-electron chi connectivity index (χ0n) is 16.8. The highest BCUT2D eigenvalue weighted by molar-refractivity contribution is 5.89. The summed E-state index contributed by atoms with van der Waals surface area (Å²) in [5, 5.41) is 15.5. The fourth-order valence-corrected chi connectivity index (χ4v) is 2.32. The van der Waals surface area contributed by atoms with Crippen molar-refractivity contribution >= 4 is 23.8 Å². The molecule has 30 heavy (non-hydrogen) atoms. The molecule has 156 valence electrons. The van der Waals surface area contributed by atoms with Crippen molar-refractivity contribution in [1.82, 2.24) is 10.6 Å². The molecule has 0 atom stereocenters. The number of nitrogens with zero attached hydrogens (tertiary/aromatic N) is 5. The zero-order valence-corrected chi connectivity index (χ0v) is 16.8. The Kier molecular flexibility index (Phi) is 8.85. The first kappa shape index (κ1) is 22.4. The number of rotatable bonds is 7. The van der Waals surface area contributed by atoms with Crippen LogP contribution < -0.4 is 15.6 Å². The maximum atomic E-state index is 13.3. The third-order valence-electron chi connectivity index (χ3n) is 3.64. The highest BCUT2D eigenvalue weighted by atomic mass is 19.1. The Morgan fingerprint density at radius 2 is 2.30 bits per heavy atom. The molecule has 0 radical (unpaired) electrons. The van der Waals surface area contributed by atoms with Crippen LogP contribution in [0.15, 0.2) is 93.7 Å². The molecule has 1 aromatic carbocycles. The van der Waals surface area contributed by atoms with E-state index in [1.807, 2.05) is 24.3 Å². The van der Waals surface area contributed by atoms with E-state index in [0.29, 0.717) is 24.0 Å². The van der Waals surface area contributed by atoms with Crippen molar-refractivity contribution in [2.75, 3.05) is 18.1 Å². The summed E-state index contributed by atoms with van der Waals surface area (Å²) < 4.78 is 13.3. The van der Waals surface area contributed by atoms with Gasteiger partial charge in [0.25, 0.3) is 0 Å². The molecule has 0 spiro atoms. The second-order valence-electron chi connectivity index (χ2n) is 6.04. The van der Waals surface area contributed by atoms with Crippen LogP contribution in [0.5, 0.6) is 0 Å². The normalized spacial score (nSPS) is 17.3. The molecule has 0 saturated heterocycles. The van der Waals surface area contributed by atoms with Crippen LogP contribution in [0.25, 0.3) is 0 Å². The minimum atomic E-state index is -0.413. The summed E-state index contributed by atoms with van der Waals surface area (Å²) in [6.45, 7) is 9.75. The van der Waals surface area contributed by atoms with Crippen LogP contribution in [0, 0.1) is 0 Å². The highest BCUT2D eigenvalue weighted by Gasteiger charge is 2.13. The number of carbonyl (C=O) groups excluding carboxylic acids is 1. The van der Waals surface area contributed by atoms with E-state index in [4.69, 9.17) is 0 Å². The first-order valence-corrected chi connectivity index (χ1v) is 9.18. The molecule has 1 aromatic rings. The summed E-state index contributed by atoms with van der Waals surface area (Å²) in [5.74, 6) is 0.156. The fourth-order valence-electron chi connectivity index (χ4n) is 2.32. The smallest absolute Gasteiger partial charge is 0.223 e. The van der Waals surface area contributed by atoms with E-state index >= 15 is 0 Å². The summed E-state index contributed by atoms with van der Waals surface area (Å²) in [6.07, 6.45) is 7.04. The molecule has 1 aliphatic rings. The lowest BCUT2D eigenvalue weighted by Crippen LogP contribution is -2.30. The molecule has 1 amide bonds. The molecular formula is C21H24FN7O. The molecule has 2 rings (SSSR count). The predicted molar refractivity (Wildman–Crippen MR) is 118 cm³/mol. The van der Waals surface area contributed by atoms with E-state index in [1.54, 1.807) is 12.3 Å². The molecule has 0 saturated carbocycles. The minimum Gasteiger partial charge on any atom is -0.352 e. The minimum absolute atomic E-state index is 0.110. The third kappa shape index (κ3) is 7.63. The topological polar surface area (TPSA) is 93.8 Å². The number of halogens is 1. The average Bonchev–Trinajstić information content (AvgIpc) is 2.80. The van der Waals surface area contributed by atoms with Gasteiger partial charge in [0.1, 0.15) is 11.6 Å². The van der Waals surface area contributed by atoms with Crippen LogP contribution >= 0.6 is 0 Å². The van der Waals surface area contributed by atoms with Crippen molar-refractivity contribution in [1.29, 1.82) is 0 Å². The molecule has 9 heteroatoms. The van der Waals surface area contributed by atoms with Gasteiger partial charge in [-0.25, -0.2) is 14.4 Å². The van der Waals surface area contributed by atoms with Crippen LogP contribution in [0.3, 0.4) is 0 Å². The van der Waals surface area contributed by atoms with Crippen molar-refractivity contribution in [3.05, 3.63) is 78.9 Å². The summed E-state index contributed by atoms with van der Waals surface area (Å²) in [7, 11) is 0. The van der Waals surface area contributed by atoms with Gasteiger partial charge in [-0.15, -0.1) is 0 Å². The molecule has 1 heterocycles. The summed E-state index contributed by atoms with van der Waals surface area (Å²) >= 11 is 0. The molecular weight excluding hydrogens is 385 g/mol. The van der Waals surface area contributed by atoms with E-state index in [2.05, 4.69) is 44.1 Å². The Morgan fingerprint density at radius 3 is 3.07 bits per heavy atom. The maximum absolute atomic E-state index is 13.3. The molecule has 0 aliphatic carbocycles. The summed E-state index contributed by atoms with van der Waals surface area (Å²) in [6, 6.07) is 7.46. The predicted octanol–water partition coefficient (Wildman–Crippen LogP) is 3.59. The first-order chi connectivity index (χ1) is 14.5. The van der Waals surface area contributed by atoms with Gasteiger partial charge in [-0.2, -0.15) is 10.1 Å². The van der Waals surface area contributed by atoms with Crippen molar-refractivity contribution in [2.24, 2.45) is 20.3 Å². The van der Waals surface area contributed by atoms with Gasteiger partial charge in [-0.3, -0.25) is 4.79 Å². The van der Waals surface area contributed by atoms with E-state index in [0.717, 1.165) is 5.56 Å². The van der Waals surface area contributed by atoms with Gasteiger partial charge in [0.05, 0.1) is 18.8 Å². The Morgan fingerprint density at radius 1 is 1.47 bits per heavy atom. The van der Waals surface area contributed by atoms with E-state index in [-0.39, 0.29) is 19.0 Å². The van der Waals surface area contributed by atoms with E-state index < -0.39 is 5.83 Å². The SMILES string of the molecule is C=C/C=C(F)\C=C/CN=C1/N=C\CN=NN(c2cccc(CNC(C)=O)c2)C(=C)N1. The number of anilines is 1. The number of carbonyl (C=O) groups is 1. The van der Waals surface area contributed by atoms with Crippen molar-refractivity contribution in [2.45, 2.75) is 13.5 Å². The van der Waals surface area contributed by atoms with Gasteiger partial charge in [0.15, 0.2) is 0 Å². The van der Waals surface area contributed by atoms with Gasteiger partial charge in [0, 0.05) is 19.7 Å². The Hall–Kier alpha value is -3.88. The lowest BCUT2D eigenvalue weighted by molar-refractivity contribution is -0.119. The Balaban J connectivity index is 2.14. The van der Waals surface area contributed by atoms with Crippen LogP contribution in [-0.2, 0) is 11.3 Å². The Bertz CT molecular complexity index is 931. The first-order valence-electron chi connectivity index (χ1n) is 9.18. The standard InChI is InChI=1S/C21H24FN7O/c1-4-7-19(22)9-6-11-23-21-24-12-13-26-28-29(16(2)27-21)20-10-5-8-18(14-20)15-25-17(3)30/h4-10,12,14H,1-2,11,13,15H2,3H3,(H,23,27)(H,25,30)/b9-6-,19-7+,24-12-,28-26?. The number of guanidine groups is 1. The van der Waals surface area contributed by atoms with Gasteiger partial charge in [0.2, 0.25) is 11.9 Å². The third-order valence-corrected chi connectivity index (χ3v) is 3.64. The average molecular weight is 409 g/mol. The zero-order chi connectivity index (χ0) is 21.8. The highest BCUT2D eigenvalue weighted by Crippen LogP contribution is 2.20. The van der Waals surface area contributed by atoms with E-state index in [1.165, 1.54) is 30.2 Å². The van der Waals surface area contributed by atoms with Crippen LogP contribution in [-0.4, -0.2) is 31.2 Å². The van der Waals surface area contributed by atoms with Gasteiger partial charge in [-0.05, 0) is 29.8 Å². The summed E-state index contributed by atoms with van der Waals surface area (Å²) in [5.41, 5.74) is 1.60. The fraction of sp³-hybridized carbons (Fsp3) is 0.190. The molecule has 2 N–H and O–H groups in total. The van der Waals surface area contributed by atoms with Gasteiger partial charge < -0.3 is 10.6 Å². The number of hydrogen-bond acceptors (Lipinski definition) is 5. The number of nitrogens with one attached hydrogen (secondary N) is 2. The number of benzene rings is 1. The second-order valence-corrected chi connectivity index (χ2v) is 6.04. The number of amides is 1. The van der Waals surface area contributed by atoms with Crippen molar-refractivity contribution in [3.63, 3.8) is 0 Å². The summed E-state index contributed by atoms with van der Waals surface area (Å²) in [4.78, 5) is 19.6. The molecule has 0 bridgehead atoms. The van der Waals surface area contributed by atoms with Crippen molar-refractivity contribution < 1.29 is 9.18 Å². The maximum Gasteiger partial charge on any atom is 0.223 e. The monoisotopic (exact) mass is 409 g/mol. The molecule has 0 aromatic heterocycles. The van der Waals surface area contributed by atoms with Gasteiger partial charge in [-0.1, -0.05) is 42.7 Å². The lowest BCUT2D eigenvalue weighted by atomic mass is 10.2. The largest absolute Gasteiger partial charge is 0.352 e. The lowest BCUT2D eigenvalue weighted by Gasteiger charge is -2.21. The van der Waals surface area contributed by atoms with Gasteiger partial charge >= 0.3 is 0 Å². The Labute approximate surface area is 175 Å². The van der Waals surface area contributed by atoms with Crippen LogP contribution in [0.4, 0.5) is 10.1 Å². The second kappa shape index (κ2) is 11.8. The number of hydrogen-bond donors (Lipinski definition) is 2. The van der Waals surface area contributed by atoms with Crippen LogP contribution in [0.1, 0.15) is 12.5 Å². The van der Waals surface area contributed by atoms with Crippen LogP contribution in [0.2, 0.25) is 0 Å². The van der Waals surface area contributed by atoms with Crippen molar-refractivity contribution in [3.8, 4) is 0 Å². The quantitative estimate of drug-likeness (QED) is 0.674. The van der Waals surface area contributed by atoms with E-state index in [9.17, 15) is 9.18 Å². The number of allylic oxidation sites excluding steroid dienone is 4. The number of aliphatic imine (C=N–C) groups is 2. The molecule has 0 fully saturated rings. The molecule has 0 unspecified atom stereocenters. The molecule has 8 nitrogen and oxygen atoms in total.